The summed E-state index contributed by atoms with van der Waals surface area (Å²) in [5.74, 6) is -0.0353. The number of carbonyl (C=O) groups excluding carboxylic acids is 3. The van der Waals surface area contributed by atoms with E-state index in [1.807, 2.05) is 50.3 Å². The van der Waals surface area contributed by atoms with E-state index in [0.29, 0.717) is 25.2 Å². The van der Waals surface area contributed by atoms with Crippen LogP contribution in [-0.2, 0) is 20.8 Å². The molecule has 6 nitrogen and oxygen atoms in total. The van der Waals surface area contributed by atoms with Gasteiger partial charge >= 0.3 is 0 Å². The quantitative estimate of drug-likeness (QED) is 0.177. The van der Waals surface area contributed by atoms with Gasteiger partial charge in [-0.2, -0.15) is 0 Å². The molecule has 1 aromatic carbocycles. The number of hydrazine groups is 1. The second-order valence-corrected chi connectivity index (χ2v) is 8.48. The summed E-state index contributed by atoms with van der Waals surface area (Å²) in [6, 6.07) is 8.60. The molecule has 0 saturated heterocycles. The average molecular weight is 416 g/mol. The molecule has 3 N–H and O–H groups in total. The molecule has 6 heteroatoms. The third-order valence-corrected chi connectivity index (χ3v) is 5.09. The Kier molecular flexibility index (Phi) is 11.2. The van der Waals surface area contributed by atoms with Gasteiger partial charge < -0.3 is 10.1 Å². The minimum Gasteiger partial charge on any atom is -0.344 e. The van der Waals surface area contributed by atoms with Crippen molar-refractivity contribution in [2.45, 2.75) is 77.4 Å². The topological polar surface area (TPSA) is 87.3 Å². The molecule has 0 heterocycles. The molecule has 0 spiro atoms. The molecule has 0 bridgehead atoms. The number of hydrogen-bond donors (Lipinski definition) is 3. The van der Waals surface area contributed by atoms with Crippen LogP contribution in [0.1, 0.15) is 58.9 Å². The van der Waals surface area contributed by atoms with Crippen LogP contribution in [0.15, 0.2) is 43.0 Å². The lowest BCUT2D eigenvalue weighted by Gasteiger charge is -2.33. The molecule has 166 valence electrons. The first-order valence-electron chi connectivity index (χ1n) is 10.7. The standard InChI is InChI=1S/C24H37N3O3/c1-6-7-11-14-24(5,27-26-21(17-28)15-18(2)3)23(30)25-22(19(4)29)16-20-12-9-8-10-13-20/h6,8-10,12-13,17-18,21-22,26-27H,1,7,11,14-16H2,2-5H3,(H,25,30)/t21-,22-,24-/m0/s1. The van der Waals surface area contributed by atoms with Gasteiger partial charge in [0.1, 0.15) is 11.8 Å². The summed E-state index contributed by atoms with van der Waals surface area (Å²) in [5, 5.41) is 2.91. The van der Waals surface area contributed by atoms with Gasteiger partial charge in [-0.25, -0.2) is 10.9 Å². The SMILES string of the molecule is C=CCCC[C@](C)(NN[C@H](C=O)CC(C)C)C(=O)N[C@@H](Cc1ccccc1)C(C)=O. The van der Waals surface area contributed by atoms with E-state index >= 15 is 0 Å². The second-order valence-electron chi connectivity index (χ2n) is 8.48. The smallest absolute Gasteiger partial charge is 0.241 e. The Bertz CT molecular complexity index is 690. The van der Waals surface area contributed by atoms with Crippen LogP contribution in [0.25, 0.3) is 0 Å². The molecule has 1 amide bonds. The van der Waals surface area contributed by atoms with Crippen LogP contribution in [0.3, 0.4) is 0 Å². The first-order chi connectivity index (χ1) is 14.2. The number of hydrogen-bond acceptors (Lipinski definition) is 5. The van der Waals surface area contributed by atoms with E-state index in [1.54, 1.807) is 6.92 Å². The fourth-order valence-electron chi connectivity index (χ4n) is 3.20. The number of Topliss-reactive ketones (excluding diaryl/α,β-unsaturated/α-hetero) is 1. The van der Waals surface area contributed by atoms with Gasteiger partial charge in [0.05, 0.1) is 12.1 Å². The van der Waals surface area contributed by atoms with E-state index < -0.39 is 17.6 Å². The molecule has 1 rings (SSSR count). The predicted octanol–water partition coefficient (Wildman–Crippen LogP) is 3.13. The monoisotopic (exact) mass is 415 g/mol. The number of nitrogens with one attached hydrogen (secondary N) is 3. The number of carbonyl (C=O) groups is 3. The molecule has 0 fully saturated rings. The fraction of sp³-hybridized carbons (Fsp3) is 0.542. The molecular weight excluding hydrogens is 378 g/mol. The molecule has 0 aliphatic heterocycles. The van der Waals surface area contributed by atoms with Gasteiger partial charge in [-0.3, -0.25) is 9.59 Å². The third kappa shape index (κ3) is 9.01. The lowest BCUT2D eigenvalue weighted by molar-refractivity contribution is -0.132. The molecular formula is C24H37N3O3. The van der Waals surface area contributed by atoms with Gasteiger partial charge in [0.15, 0.2) is 5.78 Å². The largest absolute Gasteiger partial charge is 0.344 e. The number of aldehydes is 1. The predicted molar refractivity (Wildman–Crippen MR) is 121 cm³/mol. The summed E-state index contributed by atoms with van der Waals surface area (Å²) < 4.78 is 0. The van der Waals surface area contributed by atoms with Gasteiger partial charge in [0.2, 0.25) is 5.91 Å². The molecule has 0 aliphatic carbocycles. The maximum Gasteiger partial charge on any atom is 0.241 e. The van der Waals surface area contributed by atoms with Gasteiger partial charge in [-0.1, -0.05) is 50.3 Å². The van der Waals surface area contributed by atoms with Crippen LogP contribution in [0.5, 0.6) is 0 Å². The summed E-state index contributed by atoms with van der Waals surface area (Å²) in [5.41, 5.74) is 6.09. The maximum absolute atomic E-state index is 13.2. The normalized spacial score (nSPS) is 15.1. The van der Waals surface area contributed by atoms with Crippen molar-refractivity contribution in [2.24, 2.45) is 5.92 Å². The van der Waals surface area contributed by atoms with Crippen LogP contribution in [0.4, 0.5) is 0 Å². The Morgan fingerprint density at radius 1 is 1.20 bits per heavy atom. The molecule has 30 heavy (non-hydrogen) atoms. The average Bonchev–Trinajstić information content (AvgIpc) is 2.71. The van der Waals surface area contributed by atoms with Gasteiger partial charge in [0, 0.05) is 0 Å². The minimum atomic E-state index is -0.981. The highest BCUT2D eigenvalue weighted by Gasteiger charge is 2.35. The van der Waals surface area contributed by atoms with E-state index in [9.17, 15) is 14.4 Å². The Morgan fingerprint density at radius 3 is 2.40 bits per heavy atom. The number of allylic oxidation sites excluding steroid dienone is 1. The molecule has 0 aliphatic rings. The summed E-state index contributed by atoms with van der Waals surface area (Å²) in [4.78, 5) is 36.8. The molecule has 0 saturated carbocycles. The van der Waals surface area contributed by atoms with Gasteiger partial charge in [-0.15, -0.1) is 6.58 Å². The highest BCUT2D eigenvalue weighted by atomic mass is 16.2. The maximum atomic E-state index is 13.2. The van der Waals surface area contributed by atoms with E-state index in [1.165, 1.54) is 6.92 Å². The lowest BCUT2D eigenvalue weighted by Crippen LogP contribution is -2.63. The van der Waals surface area contributed by atoms with Crippen molar-refractivity contribution in [1.29, 1.82) is 0 Å². The molecule has 0 radical (unpaired) electrons. The number of unbranched alkanes of at least 4 members (excludes halogenated alkanes) is 1. The first kappa shape index (κ1) is 25.7. The van der Waals surface area contributed by atoms with Crippen LogP contribution in [0.2, 0.25) is 0 Å². The molecule has 1 aromatic rings. The summed E-state index contributed by atoms with van der Waals surface area (Å²) in [6.45, 7) is 11.1. The van der Waals surface area contributed by atoms with Crippen molar-refractivity contribution in [3.05, 3.63) is 48.6 Å². The Balaban J connectivity index is 2.91. The fourth-order valence-corrected chi connectivity index (χ4v) is 3.20. The van der Waals surface area contributed by atoms with E-state index in [-0.39, 0.29) is 11.7 Å². The van der Waals surface area contributed by atoms with Crippen LogP contribution in [-0.4, -0.2) is 35.6 Å². The number of rotatable bonds is 15. The van der Waals surface area contributed by atoms with Crippen molar-refractivity contribution in [3.63, 3.8) is 0 Å². The Labute approximate surface area is 180 Å². The zero-order valence-electron chi connectivity index (χ0n) is 18.7. The van der Waals surface area contributed by atoms with E-state index in [4.69, 9.17) is 0 Å². The van der Waals surface area contributed by atoms with E-state index in [0.717, 1.165) is 24.7 Å². The van der Waals surface area contributed by atoms with Crippen LogP contribution >= 0.6 is 0 Å². The van der Waals surface area contributed by atoms with Gasteiger partial charge in [0.25, 0.3) is 0 Å². The van der Waals surface area contributed by atoms with E-state index in [2.05, 4.69) is 22.7 Å². The van der Waals surface area contributed by atoms with Crippen LogP contribution in [0, 0.1) is 5.92 Å². The van der Waals surface area contributed by atoms with Crippen molar-refractivity contribution in [1.82, 2.24) is 16.2 Å². The highest BCUT2D eigenvalue weighted by Crippen LogP contribution is 2.16. The highest BCUT2D eigenvalue weighted by molar-refractivity contribution is 5.92. The van der Waals surface area contributed by atoms with Crippen molar-refractivity contribution in [2.75, 3.05) is 0 Å². The zero-order valence-corrected chi connectivity index (χ0v) is 18.7. The Hall–Kier alpha value is -2.31. The summed E-state index contributed by atoms with van der Waals surface area (Å²) in [7, 11) is 0. The minimum absolute atomic E-state index is 0.0980. The van der Waals surface area contributed by atoms with Gasteiger partial charge in [-0.05, 0) is 57.4 Å². The summed E-state index contributed by atoms with van der Waals surface area (Å²) >= 11 is 0. The molecule has 0 unspecified atom stereocenters. The number of ketones is 1. The zero-order chi connectivity index (χ0) is 22.6. The lowest BCUT2D eigenvalue weighted by atomic mass is 9.93. The summed E-state index contributed by atoms with van der Waals surface area (Å²) in [6.07, 6.45) is 5.80. The first-order valence-corrected chi connectivity index (χ1v) is 10.7. The van der Waals surface area contributed by atoms with Crippen molar-refractivity contribution >= 4 is 18.0 Å². The number of benzene rings is 1. The third-order valence-electron chi connectivity index (χ3n) is 5.09. The molecule has 0 aromatic heterocycles. The van der Waals surface area contributed by atoms with Crippen LogP contribution < -0.4 is 16.2 Å². The second kappa shape index (κ2) is 13.1. The van der Waals surface area contributed by atoms with Crippen molar-refractivity contribution in [3.8, 4) is 0 Å². The van der Waals surface area contributed by atoms with Crippen molar-refractivity contribution < 1.29 is 14.4 Å². The number of amides is 1. The Morgan fingerprint density at radius 2 is 1.87 bits per heavy atom. The molecule has 3 atom stereocenters.